The van der Waals surface area contributed by atoms with Crippen LogP contribution in [0.2, 0.25) is 10.2 Å². The van der Waals surface area contributed by atoms with Crippen molar-refractivity contribution < 1.29 is 17.9 Å². The van der Waals surface area contributed by atoms with Gasteiger partial charge in [0.1, 0.15) is 16.1 Å². The Kier molecular flexibility index (Phi) is 4.92. The highest BCUT2D eigenvalue weighted by Gasteiger charge is 2.23. The summed E-state index contributed by atoms with van der Waals surface area (Å²) in [4.78, 5) is 14.6. The van der Waals surface area contributed by atoms with Gasteiger partial charge >= 0.3 is 5.97 Å². The number of nitrogens with zero attached hydrogens (tertiary/aromatic N) is 1. The quantitative estimate of drug-likeness (QED) is 0.667. The fourth-order valence-corrected chi connectivity index (χ4v) is 2.57. The van der Waals surface area contributed by atoms with Crippen molar-refractivity contribution in [1.29, 1.82) is 0 Å². The lowest BCUT2D eigenvalue weighted by Gasteiger charge is -2.12. The number of carbonyl (C=O) groups is 1. The van der Waals surface area contributed by atoms with Crippen molar-refractivity contribution in [2.24, 2.45) is 0 Å². The van der Waals surface area contributed by atoms with Crippen LogP contribution in [0.25, 0.3) is 0 Å². The molecule has 0 aliphatic carbocycles. The van der Waals surface area contributed by atoms with Gasteiger partial charge in [-0.3, -0.25) is 4.79 Å². The van der Waals surface area contributed by atoms with E-state index in [-0.39, 0.29) is 15.1 Å². The molecule has 0 unspecified atom stereocenters. The number of pyridine rings is 1. The Morgan fingerprint density at radius 3 is 2.61 bits per heavy atom. The molecule has 0 aliphatic heterocycles. The van der Waals surface area contributed by atoms with E-state index in [9.17, 15) is 13.2 Å². The number of aromatic nitrogens is 1. The van der Waals surface area contributed by atoms with Crippen LogP contribution >= 0.6 is 23.2 Å². The Balaban J connectivity index is 3.00. The summed E-state index contributed by atoms with van der Waals surface area (Å²) < 4.78 is 30.3. The lowest BCUT2D eigenvalue weighted by Crippen LogP contribution is -2.39. The molecule has 0 fully saturated rings. The lowest BCUT2D eigenvalue weighted by atomic mass is 10.4. The summed E-state index contributed by atoms with van der Waals surface area (Å²) in [6, 6.07) is 0.123. The summed E-state index contributed by atoms with van der Waals surface area (Å²) in [5, 5.41) is 0.00176. The second kappa shape index (κ2) is 5.83. The SMILES string of the molecule is COC(=O)[C@H](C)NS(=O)(=O)c1cnc(Cl)c(Cl)c1. The maximum atomic E-state index is 11.9. The highest BCUT2D eigenvalue weighted by atomic mass is 35.5. The summed E-state index contributed by atoms with van der Waals surface area (Å²) >= 11 is 11.2. The van der Waals surface area contributed by atoms with Crippen molar-refractivity contribution in [1.82, 2.24) is 9.71 Å². The Labute approximate surface area is 114 Å². The van der Waals surface area contributed by atoms with E-state index in [2.05, 4.69) is 14.4 Å². The van der Waals surface area contributed by atoms with E-state index in [0.717, 1.165) is 19.4 Å². The minimum Gasteiger partial charge on any atom is -0.468 e. The first-order valence-electron chi connectivity index (χ1n) is 4.69. The number of carbonyl (C=O) groups excluding carboxylic acids is 1. The van der Waals surface area contributed by atoms with Crippen LogP contribution < -0.4 is 4.72 Å². The zero-order chi connectivity index (χ0) is 13.9. The molecule has 1 N–H and O–H groups in total. The number of hydrogen-bond donors (Lipinski definition) is 1. The van der Waals surface area contributed by atoms with Crippen LogP contribution in [0.3, 0.4) is 0 Å². The van der Waals surface area contributed by atoms with Crippen molar-refractivity contribution in [3.63, 3.8) is 0 Å². The van der Waals surface area contributed by atoms with E-state index >= 15 is 0 Å². The summed E-state index contributed by atoms with van der Waals surface area (Å²) in [5.41, 5.74) is 0. The number of ether oxygens (including phenoxy) is 1. The number of halogens is 2. The molecule has 9 heteroatoms. The largest absolute Gasteiger partial charge is 0.468 e. The highest BCUT2D eigenvalue weighted by molar-refractivity contribution is 7.89. The molecule has 0 amide bonds. The minimum atomic E-state index is -3.91. The molecule has 1 heterocycles. The molecule has 0 spiro atoms. The third-order valence-corrected chi connectivity index (χ3v) is 4.16. The van der Waals surface area contributed by atoms with Crippen LogP contribution in [0.1, 0.15) is 6.92 Å². The van der Waals surface area contributed by atoms with Crippen molar-refractivity contribution in [3.8, 4) is 0 Å². The Morgan fingerprint density at radius 2 is 2.11 bits per heavy atom. The van der Waals surface area contributed by atoms with Gasteiger partial charge in [-0.15, -0.1) is 0 Å². The highest BCUT2D eigenvalue weighted by Crippen LogP contribution is 2.22. The van der Waals surface area contributed by atoms with E-state index in [1.54, 1.807) is 0 Å². The first kappa shape index (κ1) is 15.2. The van der Waals surface area contributed by atoms with Crippen LogP contribution in [0.15, 0.2) is 17.2 Å². The molecule has 6 nitrogen and oxygen atoms in total. The molecule has 0 saturated heterocycles. The molecule has 1 atom stereocenters. The number of rotatable bonds is 4. The van der Waals surface area contributed by atoms with Gasteiger partial charge in [0.15, 0.2) is 0 Å². The van der Waals surface area contributed by atoms with E-state index < -0.39 is 22.0 Å². The predicted molar refractivity (Wildman–Crippen MR) is 66.1 cm³/mol. The molecule has 1 aromatic rings. The predicted octanol–water partition coefficient (Wildman–Crippen LogP) is 1.23. The Bertz CT molecular complexity index is 562. The molecule has 0 aliphatic rings. The first-order chi connectivity index (χ1) is 8.27. The molecule has 1 rings (SSSR count). The fourth-order valence-electron chi connectivity index (χ4n) is 1.08. The summed E-state index contributed by atoms with van der Waals surface area (Å²) in [6.07, 6.45) is 1.04. The van der Waals surface area contributed by atoms with Crippen molar-refractivity contribution in [2.45, 2.75) is 17.9 Å². The second-order valence-electron chi connectivity index (χ2n) is 3.31. The van der Waals surface area contributed by atoms with Crippen molar-refractivity contribution >= 4 is 39.2 Å². The van der Waals surface area contributed by atoms with Gasteiger partial charge in [-0.2, -0.15) is 4.72 Å². The molecule has 0 bridgehead atoms. The van der Waals surface area contributed by atoms with Gasteiger partial charge in [0.2, 0.25) is 10.0 Å². The summed E-state index contributed by atoms with van der Waals surface area (Å²) in [7, 11) is -2.75. The molecule has 0 aromatic carbocycles. The minimum absolute atomic E-state index is 0.00312. The number of esters is 1. The Hall–Kier alpha value is -0.890. The van der Waals surface area contributed by atoms with Crippen LogP contribution in [0, 0.1) is 0 Å². The van der Waals surface area contributed by atoms with Crippen LogP contribution in [-0.2, 0) is 19.6 Å². The number of nitrogens with one attached hydrogen (secondary N) is 1. The topological polar surface area (TPSA) is 85.4 Å². The fraction of sp³-hybridized carbons (Fsp3) is 0.333. The summed E-state index contributed by atoms with van der Waals surface area (Å²) in [5.74, 6) is -0.702. The van der Waals surface area contributed by atoms with Crippen molar-refractivity contribution in [2.75, 3.05) is 7.11 Å². The summed E-state index contributed by atoms with van der Waals surface area (Å²) in [6.45, 7) is 1.36. The number of methoxy groups -OCH3 is 1. The monoisotopic (exact) mass is 312 g/mol. The molecule has 0 saturated carbocycles. The molecule has 100 valence electrons. The van der Waals surface area contributed by atoms with E-state index in [0.29, 0.717) is 0 Å². The standard InChI is InChI=1S/C9H10Cl2N2O4S/c1-5(9(14)17-2)13-18(15,16)6-3-7(10)8(11)12-4-6/h3-5,13H,1-2H3/t5-/m0/s1. The van der Waals surface area contributed by atoms with Crippen LogP contribution in [-0.4, -0.2) is 32.5 Å². The lowest BCUT2D eigenvalue weighted by molar-refractivity contribution is -0.142. The first-order valence-corrected chi connectivity index (χ1v) is 6.93. The zero-order valence-electron chi connectivity index (χ0n) is 9.48. The maximum absolute atomic E-state index is 11.9. The smallest absolute Gasteiger partial charge is 0.323 e. The van der Waals surface area contributed by atoms with Gasteiger partial charge in [-0.25, -0.2) is 13.4 Å². The maximum Gasteiger partial charge on any atom is 0.323 e. The van der Waals surface area contributed by atoms with E-state index in [1.165, 1.54) is 6.92 Å². The second-order valence-corrected chi connectivity index (χ2v) is 5.79. The van der Waals surface area contributed by atoms with Gasteiger partial charge < -0.3 is 4.74 Å². The van der Waals surface area contributed by atoms with Gasteiger partial charge in [0.25, 0.3) is 0 Å². The zero-order valence-corrected chi connectivity index (χ0v) is 11.8. The average molecular weight is 313 g/mol. The number of sulfonamides is 1. The third-order valence-electron chi connectivity index (χ3n) is 1.97. The normalized spacial score (nSPS) is 13.1. The molecule has 18 heavy (non-hydrogen) atoms. The van der Waals surface area contributed by atoms with Crippen LogP contribution in [0.5, 0.6) is 0 Å². The average Bonchev–Trinajstić information content (AvgIpc) is 2.30. The number of hydrogen-bond acceptors (Lipinski definition) is 5. The van der Waals surface area contributed by atoms with Gasteiger partial charge in [0, 0.05) is 6.20 Å². The molecular formula is C9H10Cl2N2O4S. The van der Waals surface area contributed by atoms with Gasteiger partial charge in [-0.1, -0.05) is 23.2 Å². The third kappa shape index (κ3) is 3.55. The van der Waals surface area contributed by atoms with Crippen molar-refractivity contribution in [3.05, 3.63) is 22.4 Å². The Morgan fingerprint density at radius 1 is 1.50 bits per heavy atom. The van der Waals surface area contributed by atoms with Gasteiger partial charge in [-0.05, 0) is 13.0 Å². The molecular weight excluding hydrogens is 303 g/mol. The van der Waals surface area contributed by atoms with E-state index in [4.69, 9.17) is 23.2 Å². The van der Waals surface area contributed by atoms with Crippen LogP contribution in [0.4, 0.5) is 0 Å². The van der Waals surface area contributed by atoms with E-state index in [1.807, 2.05) is 0 Å². The molecule has 1 aromatic heterocycles. The molecule has 0 radical (unpaired) electrons. The van der Waals surface area contributed by atoms with Gasteiger partial charge in [0.05, 0.1) is 12.1 Å².